The molecule has 3 nitrogen and oxygen atoms in total. The summed E-state index contributed by atoms with van der Waals surface area (Å²) in [6.07, 6.45) is 20.4. The monoisotopic (exact) mass is 835 g/mol. The number of hydrogen-bond acceptors (Lipinski definition) is 3. The molecular formula is C51H42CsO3. The molecule has 1 radical (unpaired) electrons. The number of allylic oxidation sites excluding steroid dienone is 6. The van der Waals surface area contributed by atoms with Crippen molar-refractivity contribution in [1.82, 2.24) is 0 Å². The first kappa shape index (κ1) is 44.2. The van der Waals surface area contributed by atoms with Gasteiger partial charge in [-0.15, -0.1) is 0 Å². The van der Waals surface area contributed by atoms with Crippen molar-refractivity contribution in [3.05, 3.63) is 252 Å². The van der Waals surface area contributed by atoms with E-state index in [4.69, 9.17) is 0 Å². The van der Waals surface area contributed by atoms with E-state index >= 15 is 0 Å². The Morgan fingerprint density at radius 3 is 0.491 bits per heavy atom. The second-order valence-corrected chi connectivity index (χ2v) is 11.7. The van der Waals surface area contributed by atoms with Crippen LogP contribution in [0.4, 0.5) is 0 Å². The Kier molecular flexibility index (Phi) is 22.0. The Morgan fingerprint density at radius 1 is 0.236 bits per heavy atom. The molecule has 0 aliphatic heterocycles. The minimum Gasteiger partial charge on any atom is -0.290 e. The van der Waals surface area contributed by atoms with Crippen LogP contribution in [0.5, 0.6) is 0 Å². The van der Waals surface area contributed by atoms with E-state index in [1.807, 2.05) is 218 Å². The Hall–Kier alpha value is -5.18. The Labute approximate surface area is 384 Å². The van der Waals surface area contributed by atoms with Gasteiger partial charge in [-0.2, -0.15) is 0 Å². The van der Waals surface area contributed by atoms with Crippen molar-refractivity contribution in [2.75, 3.05) is 0 Å². The van der Waals surface area contributed by atoms with Gasteiger partial charge in [-0.3, -0.25) is 14.4 Å². The van der Waals surface area contributed by atoms with Crippen molar-refractivity contribution in [3.8, 4) is 0 Å². The predicted octanol–water partition coefficient (Wildman–Crippen LogP) is 11.6. The van der Waals surface area contributed by atoms with Gasteiger partial charge >= 0.3 is 0 Å². The van der Waals surface area contributed by atoms with Gasteiger partial charge in [0.05, 0.1) is 0 Å². The molecule has 0 N–H and O–H groups in total. The van der Waals surface area contributed by atoms with E-state index in [0.29, 0.717) is 0 Å². The van der Waals surface area contributed by atoms with Gasteiger partial charge in [-0.1, -0.05) is 218 Å². The van der Waals surface area contributed by atoms with E-state index in [-0.39, 0.29) is 86.2 Å². The van der Waals surface area contributed by atoms with E-state index in [0.717, 1.165) is 33.4 Å². The fourth-order valence-corrected chi connectivity index (χ4v) is 4.62. The maximum absolute atomic E-state index is 11.6. The summed E-state index contributed by atoms with van der Waals surface area (Å²) in [6.45, 7) is 0. The molecule has 4 heteroatoms. The molecule has 55 heavy (non-hydrogen) atoms. The molecule has 0 amide bonds. The topological polar surface area (TPSA) is 51.2 Å². The zero-order valence-corrected chi connectivity index (χ0v) is 37.3. The van der Waals surface area contributed by atoms with Gasteiger partial charge in [0.25, 0.3) is 0 Å². The summed E-state index contributed by atoms with van der Waals surface area (Å²) in [5.74, 6) is -0.0341. The van der Waals surface area contributed by atoms with Crippen LogP contribution in [0.2, 0.25) is 0 Å². The molecule has 0 spiro atoms. The average molecular weight is 836 g/mol. The van der Waals surface area contributed by atoms with Crippen LogP contribution < -0.4 is 0 Å². The second-order valence-electron chi connectivity index (χ2n) is 11.7. The summed E-state index contributed by atoms with van der Waals surface area (Å²) in [7, 11) is 0. The molecule has 6 aromatic carbocycles. The SMILES string of the molecule is O=C(C=Cc1ccccc1)C=Cc1ccccc1.O=C(C=Cc1ccccc1)C=Cc1ccccc1.O=C(C=Cc1ccccc1)C=Cc1ccccc1.[Cs]. The van der Waals surface area contributed by atoms with Crippen molar-refractivity contribution in [3.63, 3.8) is 0 Å². The van der Waals surface area contributed by atoms with Crippen molar-refractivity contribution < 1.29 is 14.4 Å². The largest absolute Gasteiger partial charge is 0.290 e. The van der Waals surface area contributed by atoms with E-state index in [2.05, 4.69) is 0 Å². The van der Waals surface area contributed by atoms with Gasteiger partial charge in [0.15, 0.2) is 17.3 Å². The number of rotatable bonds is 12. The van der Waals surface area contributed by atoms with Gasteiger partial charge in [0.1, 0.15) is 0 Å². The predicted molar refractivity (Wildman–Crippen MR) is 234 cm³/mol. The van der Waals surface area contributed by atoms with E-state index < -0.39 is 0 Å². The zero-order chi connectivity index (χ0) is 37.9. The quantitative estimate of drug-likeness (QED) is 0.115. The van der Waals surface area contributed by atoms with Crippen molar-refractivity contribution >= 4 is 123 Å². The van der Waals surface area contributed by atoms with E-state index in [9.17, 15) is 14.4 Å². The first-order valence-electron chi connectivity index (χ1n) is 17.5. The summed E-state index contributed by atoms with van der Waals surface area (Å²) in [5.41, 5.74) is 6.16. The van der Waals surface area contributed by atoms with Gasteiger partial charge < -0.3 is 0 Å². The van der Waals surface area contributed by atoms with Crippen LogP contribution in [0.25, 0.3) is 36.5 Å². The van der Waals surface area contributed by atoms with Gasteiger partial charge in [0, 0.05) is 68.9 Å². The van der Waals surface area contributed by atoms with Crippen molar-refractivity contribution in [2.24, 2.45) is 0 Å². The zero-order valence-electron chi connectivity index (χ0n) is 31.0. The molecule has 0 aromatic heterocycles. The second kappa shape index (κ2) is 27.4. The molecule has 265 valence electrons. The van der Waals surface area contributed by atoms with Gasteiger partial charge in [-0.05, 0) is 69.8 Å². The van der Waals surface area contributed by atoms with Crippen LogP contribution >= 0.6 is 0 Å². The third-order valence-electron chi connectivity index (χ3n) is 7.44. The maximum atomic E-state index is 11.6. The fourth-order valence-electron chi connectivity index (χ4n) is 4.62. The van der Waals surface area contributed by atoms with Crippen LogP contribution in [-0.2, 0) is 14.4 Å². The number of ketones is 3. The number of carbonyl (C=O) groups is 3. The fraction of sp³-hybridized carbons (Fsp3) is 0. The molecule has 0 atom stereocenters. The molecule has 0 bridgehead atoms. The number of carbonyl (C=O) groups excluding carboxylic acids is 3. The smallest absolute Gasteiger partial charge is 0.178 e. The van der Waals surface area contributed by atoms with Crippen LogP contribution in [0.1, 0.15) is 33.4 Å². The normalized spacial score (nSPS) is 10.9. The maximum Gasteiger partial charge on any atom is 0.178 e. The Morgan fingerprint density at radius 2 is 0.364 bits per heavy atom. The molecule has 0 unspecified atom stereocenters. The number of benzene rings is 6. The van der Waals surface area contributed by atoms with Crippen LogP contribution in [0.15, 0.2) is 218 Å². The standard InChI is InChI=1S/3C17H14O.Cs/c3*18-17(13-11-15-7-3-1-4-8-15)14-12-16-9-5-2-6-10-16;/h3*1-14H;. The summed E-state index contributed by atoms with van der Waals surface area (Å²) in [4.78, 5) is 34.8. The third-order valence-corrected chi connectivity index (χ3v) is 7.44. The molecule has 0 aliphatic rings. The molecule has 6 rings (SSSR count). The van der Waals surface area contributed by atoms with Crippen LogP contribution in [0.3, 0.4) is 0 Å². The molecule has 0 aliphatic carbocycles. The van der Waals surface area contributed by atoms with Crippen LogP contribution in [-0.4, -0.2) is 86.2 Å². The van der Waals surface area contributed by atoms with Crippen molar-refractivity contribution in [1.29, 1.82) is 0 Å². The van der Waals surface area contributed by atoms with E-state index in [1.54, 1.807) is 36.5 Å². The number of hydrogen-bond donors (Lipinski definition) is 0. The van der Waals surface area contributed by atoms with E-state index in [1.165, 1.54) is 0 Å². The molecule has 6 aromatic rings. The Balaban J connectivity index is 0.000000220. The first-order valence-corrected chi connectivity index (χ1v) is 17.5. The molecule has 0 heterocycles. The molecule has 0 saturated carbocycles. The summed E-state index contributed by atoms with van der Waals surface area (Å²) in [5, 5.41) is 0. The van der Waals surface area contributed by atoms with Crippen LogP contribution in [0, 0.1) is 0 Å². The molecule has 0 saturated heterocycles. The minimum absolute atomic E-state index is 0. The summed E-state index contributed by atoms with van der Waals surface area (Å²) >= 11 is 0. The minimum atomic E-state index is -0.0114. The Bertz CT molecular complexity index is 1760. The summed E-state index contributed by atoms with van der Waals surface area (Å²) < 4.78 is 0. The average Bonchev–Trinajstić information content (AvgIpc) is 3.24. The molecular weight excluding hydrogens is 793 g/mol. The molecule has 0 fully saturated rings. The third kappa shape index (κ3) is 20.2. The first-order chi connectivity index (χ1) is 26.5. The summed E-state index contributed by atoms with van der Waals surface area (Å²) in [6, 6.07) is 58.7. The van der Waals surface area contributed by atoms with Gasteiger partial charge in [-0.25, -0.2) is 0 Å². The van der Waals surface area contributed by atoms with Gasteiger partial charge in [0.2, 0.25) is 0 Å². The van der Waals surface area contributed by atoms with Crippen molar-refractivity contribution in [2.45, 2.75) is 0 Å².